The van der Waals surface area contributed by atoms with Gasteiger partial charge in [-0.1, -0.05) is 6.07 Å². The Morgan fingerprint density at radius 1 is 1.19 bits per heavy atom. The van der Waals surface area contributed by atoms with E-state index in [0.717, 1.165) is 0 Å². The van der Waals surface area contributed by atoms with Gasteiger partial charge in [0.1, 0.15) is 11.4 Å². The molecule has 1 spiro atoms. The number of aromatic nitrogens is 1. The highest BCUT2D eigenvalue weighted by atomic mass is 16.5. The second kappa shape index (κ2) is 6.17. The van der Waals surface area contributed by atoms with Crippen LogP contribution in [0.1, 0.15) is 19.3 Å². The average Bonchev–Trinajstić information content (AvgIpc) is 2.73. The molecule has 3 N–H and O–H groups in total. The number of amides is 1. The minimum absolute atomic E-state index is 0.0710. The van der Waals surface area contributed by atoms with Gasteiger partial charge in [-0.05, 0) is 23.8 Å². The SMILES string of the molecule is Cn1cc(N)cc(-c2ccc3c(c2)OC2(CCOCC2)CC(=O)N3)c1=O. The van der Waals surface area contributed by atoms with Crippen molar-refractivity contribution in [3.05, 3.63) is 40.8 Å². The fourth-order valence-electron chi connectivity index (χ4n) is 3.60. The van der Waals surface area contributed by atoms with Gasteiger partial charge in [0, 0.05) is 37.3 Å². The summed E-state index contributed by atoms with van der Waals surface area (Å²) in [7, 11) is 1.67. The number of nitrogens with two attached hydrogens (primary N) is 1. The number of rotatable bonds is 1. The van der Waals surface area contributed by atoms with E-state index in [1.54, 1.807) is 37.5 Å². The number of nitrogens with one attached hydrogen (secondary N) is 1. The summed E-state index contributed by atoms with van der Waals surface area (Å²) in [6.45, 7) is 1.14. The number of carbonyl (C=O) groups is 1. The second-order valence-electron chi connectivity index (χ2n) is 6.94. The molecule has 1 aromatic carbocycles. The first kappa shape index (κ1) is 16.7. The molecule has 2 aliphatic heterocycles. The van der Waals surface area contributed by atoms with Crippen LogP contribution in [0, 0.1) is 0 Å². The summed E-state index contributed by atoms with van der Waals surface area (Å²) in [6.07, 6.45) is 3.19. The van der Waals surface area contributed by atoms with Gasteiger partial charge in [0.2, 0.25) is 5.91 Å². The molecule has 0 atom stereocenters. The maximum Gasteiger partial charge on any atom is 0.258 e. The van der Waals surface area contributed by atoms with Crippen LogP contribution < -0.4 is 21.3 Å². The summed E-state index contributed by atoms with van der Waals surface area (Å²) in [5.41, 5.74) is 7.51. The highest BCUT2D eigenvalue weighted by molar-refractivity contribution is 5.94. The molecule has 3 heterocycles. The van der Waals surface area contributed by atoms with Gasteiger partial charge in [-0.3, -0.25) is 9.59 Å². The maximum atomic E-state index is 12.5. The van der Waals surface area contributed by atoms with Crippen LogP contribution in [0.25, 0.3) is 11.1 Å². The van der Waals surface area contributed by atoms with Crippen LogP contribution >= 0.6 is 0 Å². The van der Waals surface area contributed by atoms with Crippen molar-refractivity contribution < 1.29 is 14.3 Å². The molecule has 0 bridgehead atoms. The van der Waals surface area contributed by atoms with E-state index in [4.69, 9.17) is 15.2 Å². The summed E-state index contributed by atoms with van der Waals surface area (Å²) in [5.74, 6) is 0.498. The molecule has 1 fully saturated rings. The number of anilines is 2. The molecule has 7 nitrogen and oxygen atoms in total. The van der Waals surface area contributed by atoms with Crippen LogP contribution in [0.2, 0.25) is 0 Å². The van der Waals surface area contributed by atoms with E-state index in [0.29, 0.717) is 60.7 Å². The van der Waals surface area contributed by atoms with Gasteiger partial charge < -0.3 is 25.1 Å². The second-order valence-corrected chi connectivity index (χ2v) is 6.94. The van der Waals surface area contributed by atoms with Gasteiger partial charge in [0.15, 0.2) is 0 Å². The lowest BCUT2D eigenvalue weighted by Crippen LogP contribution is -2.43. The largest absolute Gasteiger partial charge is 0.484 e. The summed E-state index contributed by atoms with van der Waals surface area (Å²) < 4.78 is 13.2. The molecule has 1 aromatic heterocycles. The lowest BCUT2D eigenvalue weighted by atomic mass is 9.90. The Hall–Kier alpha value is -2.80. The third-order valence-electron chi connectivity index (χ3n) is 4.98. The van der Waals surface area contributed by atoms with Crippen molar-refractivity contribution >= 4 is 17.3 Å². The van der Waals surface area contributed by atoms with Crippen LogP contribution in [0.15, 0.2) is 35.3 Å². The zero-order valence-corrected chi connectivity index (χ0v) is 14.6. The number of pyridine rings is 1. The van der Waals surface area contributed by atoms with E-state index < -0.39 is 5.60 Å². The smallest absolute Gasteiger partial charge is 0.258 e. The highest BCUT2D eigenvalue weighted by Crippen LogP contribution is 2.39. The summed E-state index contributed by atoms with van der Waals surface area (Å²) in [6, 6.07) is 7.02. The summed E-state index contributed by atoms with van der Waals surface area (Å²) >= 11 is 0. The molecule has 0 radical (unpaired) electrons. The standard InChI is InChI=1S/C19H21N3O4/c1-22-11-13(20)9-14(18(22)24)12-2-3-15-16(8-12)26-19(10-17(23)21-15)4-6-25-7-5-19/h2-3,8-9,11H,4-7,10,20H2,1H3,(H,21,23). The Morgan fingerprint density at radius 2 is 1.96 bits per heavy atom. The van der Waals surface area contributed by atoms with E-state index in [9.17, 15) is 9.59 Å². The van der Waals surface area contributed by atoms with Crippen molar-refractivity contribution in [1.82, 2.24) is 4.57 Å². The number of hydrogen-bond donors (Lipinski definition) is 2. The first-order valence-electron chi connectivity index (χ1n) is 8.63. The molecule has 4 rings (SSSR count). The number of aryl methyl sites for hydroxylation is 1. The van der Waals surface area contributed by atoms with Crippen molar-refractivity contribution in [2.45, 2.75) is 24.9 Å². The van der Waals surface area contributed by atoms with Crippen LogP contribution in [-0.2, 0) is 16.6 Å². The van der Waals surface area contributed by atoms with E-state index >= 15 is 0 Å². The third kappa shape index (κ3) is 2.94. The Morgan fingerprint density at radius 3 is 2.73 bits per heavy atom. The van der Waals surface area contributed by atoms with Crippen molar-refractivity contribution in [3.63, 3.8) is 0 Å². The molecule has 1 amide bonds. The minimum atomic E-state index is -0.563. The third-order valence-corrected chi connectivity index (χ3v) is 4.98. The van der Waals surface area contributed by atoms with Crippen molar-refractivity contribution in [2.75, 3.05) is 24.3 Å². The Bertz CT molecular complexity index is 929. The highest BCUT2D eigenvalue weighted by Gasteiger charge is 2.39. The Kier molecular flexibility index (Phi) is 3.96. The van der Waals surface area contributed by atoms with E-state index in [-0.39, 0.29) is 11.5 Å². The van der Waals surface area contributed by atoms with Gasteiger partial charge in [0.25, 0.3) is 5.56 Å². The Balaban J connectivity index is 1.79. The molecule has 0 saturated carbocycles. The van der Waals surface area contributed by atoms with E-state index in [1.165, 1.54) is 4.57 Å². The molecule has 0 unspecified atom stereocenters. The molecule has 136 valence electrons. The number of hydrogen-bond acceptors (Lipinski definition) is 5. The van der Waals surface area contributed by atoms with Gasteiger partial charge >= 0.3 is 0 Å². The Labute approximate surface area is 150 Å². The van der Waals surface area contributed by atoms with Crippen LogP contribution in [0.5, 0.6) is 5.75 Å². The number of nitrogen functional groups attached to an aromatic ring is 1. The fourth-order valence-corrected chi connectivity index (χ4v) is 3.60. The van der Waals surface area contributed by atoms with Gasteiger partial charge in [0.05, 0.1) is 25.3 Å². The van der Waals surface area contributed by atoms with E-state index in [2.05, 4.69) is 5.32 Å². The first-order valence-corrected chi connectivity index (χ1v) is 8.63. The number of fused-ring (bicyclic) bond motifs is 1. The molecule has 1 saturated heterocycles. The van der Waals surface area contributed by atoms with Crippen molar-refractivity contribution in [2.24, 2.45) is 7.05 Å². The molecule has 7 heteroatoms. The predicted octanol–water partition coefficient (Wildman–Crippen LogP) is 1.90. The number of carbonyl (C=O) groups excluding carboxylic acids is 1. The average molecular weight is 355 g/mol. The van der Waals surface area contributed by atoms with Gasteiger partial charge in [-0.2, -0.15) is 0 Å². The lowest BCUT2D eigenvalue weighted by molar-refractivity contribution is -0.122. The summed E-state index contributed by atoms with van der Waals surface area (Å²) in [4.78, 5) is 24.8. The molecular weight excluding hydrogens is 334 g/mol. The maximum absolute atomic E-state index is 12.5. The van der Waals surface area contributed by atoms with E-state index in [1.807, 2.05) is 0 Å². The zero-order chi connectivity index (χ0) is 18.3. The monoisotopic (exact) mass is 355 g/mol. The lowest BCUT2D eigenvalue weighted by Gasteiger charge is -2.35. The fraction of sp³-hybridized carbons (Fsp3) is 0.368. The zero-order valence-electron chi connectivity index (χ0n) is 14.6. The van der Waals surface area contributed by atoms with Crippen LogP contribution in [0.3, 0.4) is 0 Å². The quantitative estimate of drug-likeness (QED) is 0.815. The van der Waals surface area contributed by atoms with Crippen LogP contribution in [0.4, 0.5) is 11.4 Å². The number of ether oxygens (including phenoxy) is 2. The number of benzene rings is 1. The molecule has 0 aliphatic carbocycles. The molecule has 2 aromatic rings. The minimum Gasteiger partial charge on any atom is -0.484 e. The van der Waals surface area contributed by atoms with Gasteiger partial charge in [-0.25, -0.2) is 0 Å². The first-order chi connectivity index (χ1) is 12.5. The number of nitrogens with zero attached hydrogens (tertiary/aromatic N) is 1. The van der Waals surface area contributed by atoms with Gasteiger partial charge in [-0.15, -0.1) is 0 Å². The van der Waals surface area contributed by atoms with Crippen molar-refractivity contribution in [1.29, 1.82) is 0 Å². The topological polar surface area (TPSA) is 95.6 Å². The predicted molar refractivity (Wildman–Crippen MR) is 98.2 cm³/mol. The summed E-state index contributed by atoms with van der Waals surface area (Å²) in [5, 5.41) is 2.90. The van der Waals surface area contributed by atoms with Crippen LogP contribution in [-0.4, -0.2) is 29.3 Å². The normalized spacial score (nSPS) is 18.6. The van der Waals surface area contributed by atoms with Crippen molar-refractivity contribution in [3.8, 4) is 16.9 Å². The molecular formula is C19H21N3O4. The molecule has 2 aliphatic rings. The molecule has 26 heavy (non-hydrogen) atoms.